The number of hydrogen-bond donors (Lipinski definition) is 2. The summed E-state index contributed by atoms with van der Waals surface area (Å²) in [7, 11) is 0. The van der Waals surface area contributed by atoms with E-state index in [0.29, 0.717) is 6.42 Å². The van der Waals surface area contributed by atoms with E-state index in [4.69, 9.17) is 5.11 Å². The van der Waals surface area contributed by atoms with Crippen molar-refractivity contribution in [3.8, 4) is 0 Å². The molecule has 4 heteroatoms. The summed E-state index contributed by atoms with van der Waals surface area (Å²) < 4.78 is 0. The Hall–Kier alpha value is -0.900. The average Bonchev–Trinajstić information content (AvgIpc) is 1.82. The molecule has 1 saturated heterocycles. The van der Waals surface area contributed by atoms with Gasteiger partial charge in [-0.05, 0) is 13.8 Å². The van der Waals surface area contributed by atoms with Crippen molar-refractivity contribution in [1.82, 2.24) is 5.32 Å². The van der Waals surface area contributed by atoms with E-state index in [0.717, 1.165) is 0 Å². The molecule has 0 aliphatic carbocycles. The number of carbonyl (C=O) groups excluding carboxylic acids is 1. The lowest BCUT2D eigenvalue weighted by Crippen LogP contribution is -2.52. The molecular weight excluding hydrogens is 158 g/mol. The van der Waals surface area contributed by atoms with Crippen molar-refractivity contribution in [1.29, 1.82) is 0 Å². The molecule has 3 atom stereocenters. The Morgan fingerprint density at radius 2 is 2.17 bits per heavy atom. The van der Waals surface area contributed by atoms with E-state index in [2.05, 4.69) is 5.32 Å². The molecule has 0 aromatic heterocycles. The maximum Gasteiger partial charge on any atom is 0.315 e. The van der Waals surface area contributed by atoms with Crippen LogP contribution in [0.3, 0.4) is 0 Å². The number of ketones is 1. The quantitative estimate of drug-likeness (QED) is 0.546. The third kappa shape index (κ3) is 1.64. The number of piperidine rings is 1. The Morgan fingerprint density at radius 1 is 1.58 bits per heavy atom. The van der Waals surface area contributed by atoms with Crippen molar-refractivity contribution < 1.29 is 14.7 Å². The summed E-state index contributed by atoms with van der Waals surface area (Å²) in [5.74, 6) is -2.05. The monoisotopic (exact) mass is 171 g/mol. The number of carboxylic acids is 1. The van der Waals surface area contributed by atoms with E-state index >= 15 is 0 Å². The third-order valence-electron chi connectivity index (χ3n) is 2.17. The number of hydrogen-bond acceptors (Lipinski definition) is 3. The van der Waals surface area contributed by atoms with Crippen molar-refractivity contribution >= 4 is 11.8 Å². The van der Waals surface area contributed by atoms with Gasteiger partial charge in [-0.25, -0.2) is 0 Å². The van der Waals surface area contributed by atoms with E-state index in [1.165, 1.54) is 0 Å². The van der Waals surface area contributed by atoms with E-state index in [9.17, 15) is 9.59 Å². The molecule has 2 N–H and O–H groups in total. The zero-order chi connectivity index (χ0) is 9.30. The van der Waals surface area contributed by atoms with Gasteiger partial charge in [0.1, 0.15) is 11.7 Å². The number of carboxylic acid groups (broad SMARTS) is 1. The molecule has 0 spiro atoms. The highest BCUT2D eigenvalue weighted by molar-refractivity contribution is 5.99. The van der Waals surface area contributed by atoms with Crippen LogP contribution in [0.1, 0.15) is 20.3 Å². The van der Waals surface area contributed by atoms with Crippen molar-refractivity contribution in [2.45, 2.75) is 32.4 Å². The second-order valence-electron chi connectivity index (χ2n) is 3.34. The Kier molecular flexibility index (Phi) is 2.47. The van der Waals surface area contributed by atoms with Crippen LogP contribution >= 0.6 is 0 Å². The number of nitrogens with one attached hydrogen (secondary N) is 1. The molecule has 0 saturated carbocycles. The molecule has 1 fully saturated rings. The maximum absolute atomic E-state index is 11.2. The van der Waals surface area contributed by atoms with Crippen LogP contribution in [-0.4, -0.2) is 28.9 Å². The Labute approximate surface area is 71.0 Å². The standard InChI is InChI=1S/C8H13NO3/c1-4-3-6(10)7(8(11)12)5(2)9-4/h4-5,7,9H,3H2,1-2H3,(H,11,12). The Bertz CT molecular complexity index is 214. The lowest BCUT2D eigenvalue weighted by atomic mass is 9.88. The topological polar surface area (TPSA) is 66.4 Å². The van der Waals surface area contributed by atoms with Gasteiger partial charge in [-0.3, -0.25) is 9.59 Å². The fraction of sp³-hybridized carbons (Fsp3) is 0.750. The lowest BCUT2D eigenvalue weighted by molar-refractivity contribution is -0.148. The van der Waals surface area contributed by atoms with Crippen molar-refractivity contribution in [2.24, 2.45) is 5.92 Å². The average molecular weight is 171 g/mol. The maximum atomic E-state index is 11.2. The summed E-state index contributed by atoms with van der Waals surface area (Å²) in [5.41, 5.74) is 0. The molecule has 1 heterocycles. The second-order valence-corrected chi connectivity index (χ2v) is 3.34. The van der Waals surface area contributed by atoms with Crippen LogP contribution in [0, 0.1) is 5.92 Å². The highest BCUT2D eigenvalue weighted by Gasteiger charge is 2.36. The first-order valence-electron chi connectivity index (χ1n) is 4.04. The summed E-state index contributed by atoms with van der Waals surface area (Å²) in [5, 5.41) is 11.7. The normalized spacial score (nSPS) is 36.5. The predicted molar refractivity (Wildman–Crippen MR) is 42.8 cm³/mol. The van der Waals surface area contributed by atoms with E-state index in [1.54, 1.807) is 6.92 Å². The molecular formula is C8H13NO3. The highest BCUT2D eigenvalue weighted by Crippen LogP contribution is 2.16. The highest BCUT2D eigenvalue weighted by atomic mass is 16.4. The van der Waals surface area contributed by atoms with Gasteiger partial charge in [0.25, 0.3) is 0 Å². The molecule has 0 bridgehead atoms. The molecule has 68 valence electrons. The third-order valence-corrected chi connectivity index (χ3v) is 2.17. The molecule has 3 unspecified atom stereocenters. The van der Waals surface area contributed by atoms with Crippen LogP contribution < -0.4 is 5.32 Å². The molecule has 1 aliphatic rings. The molecule has 4 nitrogen and oxygen atoms in total. The van der Waals surface area contributed by atoms with E-state index in [1.807, 2.05) is 6.92 Å². The number of carbonyl (C=O) groups is 2. The first-order valence-corrected chi connectivity index (χ1v) is 4.04. The zero-order valence-corrected chi connectivity index (χ0v) is 7.20. The van der Waals surface area contributed by atoms with Gasteiger partial charge < -0.3 is 10.4 Å². The fourth-order valence-corrected chi connectivity index (χ4v) is 1.66. The summed E-state index contributed by atoms with van der Waals surface area (Å²) in [4.78, 5) is 21.9. The summed E-state index contributed by atoms with van der Waals surface area (Å²) >= 11 is 0. The van der Waals surface area contributed by atoms with Gasteiger partial charge in [0, 0.05) is 18.5 Å². The smallest absolute Gasteiger partial charge is 0.315 e. The first-order chi connectivity index (χ1) is 5.52. The molecule has 0 amide bonds. The van der Waals surface area contributed by atoms with E-state index in [-0.39, 0.29) is 17.9 Å². The van der Waals surface area contributed by atoms with Gasteiger partial charge >= 0.3 is 5.97 Å². The predicted octanol–water partition coefficient (Wildman–Crippen LogP) is 0.0266. The van der Waals surface area contributed by atoms with Crippen LogP contribution in [0.5, 0.6) is 0 Å². The Balaban J connectivity index is 2.73. The van der Waals surface area contributed by atoms with Crippen molar-refractivity contribution in [2.75, 3.05) is 0 Å². The second kappa shape index (κ2) is 3.23. The lowest BCUT2D eigenvalue weighted by Gasteiger charge is -2.30. The minimum absolute atomic E-state index is 0.100. The van der Waals surface area contributed by atoms with Gasteiger partial charge in [0.2, 0.25) is 0 Å². The Morgan fingerprint density at radius 3 is 2.58 bits per heavy atom. The van der Waals surface area contributed by atoms with Crippen molar-refractivity contribution in [3.05, 3.63) is 0 Å². The number of Topliss-reactive ketones (excluding diaryl/α,β-unsaturated/α-hetero) is 1. The van der Waals surface area contributed by atoms with Gasteiger partial charge in [-0.15, -0.1) is 0 Å². The molecule has 1 aliphatic heterocycles. The minimum Gasteiger partial charge on any atom is -0.481 e. The molecule has 0 aromatic carbocycles. The molecule has 12 heavy (non-hydrogen) atoms. The van der Waals surface area contributed by atoms with Gasteiger partial charge in [-0.1, -0.05) is 0 Å². The van der Waals surface area contributed by atoms with Gasteiger partial charge in [-0.2, -0.15) is 0 Å². The van der Waals surface area contributed by atoms with Crippen LogP contribution in [0.2, 0.25) is 0 Å². The number of aliphatic carboxylic acids is 1. The van der Waals surface area contributed by atoms with Crippen LogP contribution in [0.4, 0.5) is 0 Å². The summed E-state index contributed by atoms with van der Waals surface area (Å²) in [6.45, 7) is 3.61. The number of rotatable bonds is 1. The summed E-state index contributed by atoms with van der Waals surface area (Å²) in [6.07, 6.45) is 0.321. The summed E-state index contributed by atoms with van der Waals surface area (Å²) in [6, 6.07) is -0.151. The van der Waals surface area contributed by atoms with E-state index < -0.39 is 11.9 Å². The van der Waals surface area contributed by atoms with Crippen LogP contribution in [-0.2, 0) is 9.59 Å². The first kappa shape index (κ1) is 9.19. The molecule has 1 rings (SSSR count). The van der Waals surface area contributed by atoms with Crippen LogP contribution in [0.15, 0.2) is 0 Å². The minimum atomic E-state index is -1.02. The zero-order valence-electron chi connectivity index (χ0n) is 7.20. The van der Waals surface area contributed by atoms with Gasteiger partial charge in [0.15, 0.2) is 0 Å². The SMILES string of the molecule is CC1CC(=O)C(C(=O)O)C(C)N1. The van der Waals surface area contributed by atoms with Crippen LogP contribution in [0.25, 0.3) is 0 Å². The van der Waals surface area contributed by atoms with Crippen molar-refractivity contribution in [3.63, 3.8) is 0 Å². The molecule has 0 aromatic rings. The van der Waals surface area contributed by atoms with Gasteiger partial charge in [0.05, 0.1) is 0 Å². The fourth-order valence-electron chi connectivity index (χ4n) is 1.66. The largest absolute Gasteiger partial charge is 0.481 e. The molecule has 0 radical (unpaired) electrons.